The lowest BCUT2D eigenvalue weighted by atomic mass is 10.1. The smallest absolute Gasteiger partial charge is 0.255 e. The largest absolute Gasteiger partial charge is 0.496 e. The minimum Gasteiger partial charge on any atom is -0.496 e. The number of carbonyl (C=O) groups is 2. The van der Waals surface area contributed by atoms with E-state index in [1.165, 1.54) is 7.11 Å². The van der Waals surface area contributed by atoms with Crippen LogP contribution in [0.1, 0.15) is 15.9 Å². The van der Waals surface area contributed by atoms with Crippen molar-refractivity contribution >= 4 is 23.2 Å². The molecule has 0 radical (unpaired) electrons. The molecule has 7 heteroatoms. The second-order valence-electron chi connectivity index (χ2n) is 5.52. The van der Waals surface area contributed by atoms with Crippen LogP contribution in [0.2, 0.25) is 0 Å². The molecule has 0 fully saturated rings. The molecule has 0 aliphatic carbocycles. The summed E-state index contributed by atoms with van der Waals surface area (Å²) in [5.41, 5.74) is 2.45. The molecule has 0 saturated heterocycles. The van der Waals surface area contributed by atoms with Crippen LogP contribution in [0.15, 0.2) is 36.4 Å². The average Bonchev–Trinajstić information content (AvgIpc) is 2.63. The van der Waals surface area contributed by atoms with E-state index >= 15 is 0 Å². The number of ether oxygens (including phenoxy) is 3. The van der Waals surface area contributed by atoms with Crippen molar-refractivity contribution < 1.29 is 23.8 Å². The van der Waals surface area contributed by atoms with E-state index in [0.29, 0.717) is 28.4 Å². The Balaban J connectivity index is 2.11. The van der Waals surface area contributed by atoms with E-state index in [0.717, 1.165) is 5.56 Å². The predicted molar refractivity (Wildman–Crippen MR) is 99.2 cm³/mol. The van der Waals surface area contributed by atoms with Crippen molar-refractivity contribution in [1.82, 2.24) is 0 Å². The van der Waals surface area contributed by atoms with Gasteiger partial charge in [0.05, 0.1) is 14.2 Å². The monoisotopic (exact) mass is 358 g/mol. The minimum atomic E-state index is -0.294. The van der Waals surface area contributed by atoms with Gasteiger partial charge in [-0.15, -0.1) is 0 Å². The number of nitrogens with one attached hydrogen (secondary N) is 2. The van der Waals surface area contributed by atoms with Crippen LogP contribution in [0, 0.1) is 6.92 Å². The molecule has 0 atom stereocenters. The van der Waals surface area contributed by atoms with Gasteiger partial charge in [0.1, 0.15) is 18.1 Å². The van der Waals surface area contributed by atoms with Gasteiger partial charge in [0.15, 0.2) is 0 Å². The summed E-state index contributed by atoms with van der Waals surface area (Å²) < 4.78 is 15.3. The van der Waals surface area contributed by atoms with E-state index in [2.05, 4.69) is 10.6 Å². The van der Waals surface area contributed by atoms with E-state index < -0.39 is 0 Å². The highest BCUT2D eigenvalue weighted by Gasteiger charge is 2.14. The second-order valence-corrected chi connectivity index (χ2v) is 5.52. The molecule has 2 aromatic rings. The number of methoxy groups -OCH3 is 3. The molecule has 2 N–H and O–H groups in total. The second kappa shape index (κ2) is 8.87. The normalized spacial score (nSPS) is 10.2. The Labute approximate surface area is 152 Å². The lowest BCUT2D eigenvalue weighted by molar-refractivity contribution is -0.119. The van der Waals surface area contributed by atoms with Crippen molar-refractivity contribution in [1.29, 1.82) is 0 Å². The highest BCUT2D eigenvalue weighted by molar-refractivity contribution is 6.05. The van der Waals surface area contributed by atoms with Crippen LogP contribution in [0.25, 0.3) is 0 Å². The summed E-state index contributed by atoms with van der Waals surface area (Å²) in [5.74, 6) is 0.609. The minimum absolute atomic E-state index is 0.0183. The first-order chi connectivity index (χ1) is 12.5. The molecule has 2 amide bonds. The maximum Gasteiger partial charge on any atom is 0.255 e. The zero-order chi connectivity index (χ0) is 19.1. The standard InChI is InChI=1S/C19H22N2O5/c1-12-16(25-3)9-13(10-17(12)26-4)19(23)21-15-7-5-14(6-8-15)20-18(22)11-24-2/h5-10H,11H2,1-4H3,(H,20,22)(H,21,23). The molecule has 0 aliphatic rings. The highest BCUT2D eigenvalue weighted by Crippen LogP contribution is 2.29. The molecule has 0 bridgehead atoms. The Hall–Kier alpha value is -3.06. The molecule has 26 heavy (non-hydrogen) atoms. The fraction of sp³-hybridized carbons (Fsp3) is 0.263. The van der Waals surface area contributed by atoms with Crippen LogP contribution in [0.3, 0.4) is 0 Å². The average molecular weight is 358 g/mol. The summed E-state index contributed by atoms with van der Waals surface area (Å²) in [6.45, 7) is 1.84. The third-order valence-electron chi connectivity index (χ3n) is 3.72. The van der Waals surface area contributed by atoms with Crippen LogP contribution in [-0.2, 0) is 9.53 Å². The van der Waals surface area contributed by atoms with Crippen molar-refractivity contribution in [3.8, 4) is 11.5 Å². The van der Waals surface area contributed by atoms with E-state index in [4.69, 9.17) is 14.2 Å². The van der Waals surface area contributed by atoms with E-state index in [1.807, 2.05) is 6.92 Å². The van der Waals surface area contributed by atoms with Crippen molar-refractivity contribution in [2.45, 2.75) is 6.92 Å². The van der Waals surface area contributed by atoms with Crippen molar-refractivity contribution in [3.05, 3.63) is 47.5 Å². The fourth-order valence-corrected chi connectivity index (χ4v) is 2.39. The summed E-state index contributed by atoms with van der Waals surface area (Å²) in [4.78, 5) is 24.0. The molecule has 2 rings (SSSR count). The molecule has 7 nitrogen and oxygen atoms in total. The number of benzene rings is 2. The lowest BCUT2D eigenvalue weighted by Gasteiger charge is -2.13. The van der Waals surface area contributed by atoms with Crippen LogP contribution in [0.5, 0.6) is 11.5 Å². The van der Waals surface area contributed by atoms with E-state index in [1.54, 1.807) is 50.6 Å². The first-order valence-electron chi connectivity index (χ1n) is 7.91. The number of anilines is 2. The molecule has 0 aromatic heterocycles. The van der Waals surface area contributed by atoms with Gasteiger partial charge in [-0.2, -0.15) is 0 Å². The summed E-state index contributed by atoms with van der Waals surface area (Å²) in [7, 11) is 4.54. The molecular formula is C19H22N2O5. The van der Waals surface area contributed by atoms with Gasteiger partial charge >= 0.3 is 0 Å². The zero-order valence-electron chi connectivity index (χ0n) is 15.2. The molecular weight excluding hydrogens is 336 g/mol. The van der Waals surface area contributed by atoms with Gasteiger partial charge in [0.2, 0.25) is 5.91 Å². The van der Waals surface area contributed by atoms with E-state index in [9.17, 15) is 9.59 Å². The van der Waals surface area contributed by atoms with Crippen LogP contribution in [0.4, 0.5) is 11.4 Å². The number of hydrogen-bond acceptors (Lipinski definition) is 5. The summed E-state index contributed by atoms with van der Waals surface area (Å²) in [6, 6.07) is 10.1. The fourth-order valence-electron chi connectivity index (χ4n) is 2.39. The third kappa shape index (κ3) is 4.73. The Morgan fingerprint density at radius 3 is 1.85 bits per heavy atom. The number of hydrogen-bond donors (Lipinski definition) is 2. The molecule has 0 spiro atoms. The van der Waals surface area contributed by atoms with Gasteiger partial charge in [-0.25, -0.2) is 0 Å². The Morgan fingerprint density at radius 2 is 1.38 bits per heavy atom. The van der Waals surface area contributed by atoms with Crippen LogP contribution >= 0.6 is 0 Å². The highest BCUT2D eigenvalue weighted by atomic mass is 16.5. The van der Waals surface area contributed by atoms with Gasteiger partial charge in [-0.1, -0.05) is 0 Å². The number of amides is 2. The maximum absolute atomic E-state index is 12.5. The Bertz CT molecular complexity index is 762. The first kappa shape index (κ1) is 19.3. The van der Waals surface area contributed by atoms with E-state index in [-0.39, 0.29) is 18.4 Å². The van der Waals surface area contributed by atoms with Gasteiger partial charge in [0.25, 0.3) is 5.91 Å². The topological polar surface area (TPSA) is 85.9 Å². The van der Waals surface area contributed by atoms with Crippen molar-refractivity contribution in [3.63, 3.8) is 0 Å². The van der Waals surface area contributed by atoms with Crippen molar-refractivity contribution in [2.75, 3.05) is 38.6 Å². The lowest BCUT2D eigenvalue weighted by Crippen LogP contribution is -2.17. The van der Waals surface area contributed by atoms with Gasteiger partial charge in [-0.05, 0) is 43.3 Å². The molecule has 0 saturated carbocycles. The van der Waals surface area contributed by atoms with Crippen molar-refractivity contribution in [2.24, 2.45) is 0 Å². The van der Waals surface area contributed by atoms with Gasteiger partial charge < -0.3 is 24.8 Å². The van der Waals surface area contributed by atoms with Crippen LogP contribution in [-0.4, -0.2) is 39.8 Å². The summed E-state index contributed by atoms with van der Waals surface area (Å²) in [5, 5.41) is 5.48. The maximum atomic E-state index is 12.5. The third-order valence-corrected chi connectivity index (χ3v) is 3.72. The molecule has 0 aliphatic heterocycles. The number of carbonyl (C=O) groups excluding carboxylic acids is 2. The predicted octanol–water partition coefficient (Wildman–Crippen LogP) is 2.85. The Kier molecular flexibility index (Phi) is 6.57. The quantitative estimate of drug-likeness (QED) is 0.795. The van der Waals surface area contributed by atoms with Gasteiger partial charge in [-0.3, -0.25) is 9.59 Å². The van der Waals surface area contributed by atoms with Gasteiger partial charge in [0, 0.05) is 29.6 Å². The molecule has 0 heterocycles. The molecule has 2 aromatic carbocycles. The van der Waals surface area contributed by atoms with Crippen LogP contribution < -0.4 is 20.1 Å². The summed E-state index contributed by atoms with van der Waals surface area (Å²) in [6.07, 6.45) is 0. The zero-order valence-corrected chi connectivity index (χ0v) is 15.2. The number of rotatable bonds is 7. The molecule has 0 unspecified atom stereocenters. The SMILES string of the molecule is COCC(=O)Nc1ccc(NC(=O)c2cc(OC)c(C)c(OC)c2)cc1. The molecule has 138 valence electrons. The summed E-state index contributed by atoms with van der Waals surface area (Å²) >= 11 is 0. The Morgan fingerprint density at radius 1 is 0.885 bits per heavy atom. The first-order valence-corrected chi connectivity index (χ1v) is 7.91.